The van der Waals surface area contributed by atoms with Crippen LogP contribution >= 0.6 is 0 Å². The second-order valence-electron chi connectivity index (χ2n) is 20.5. The predicted octanol–water partition coefficient (Wildman–Crippen LogP) is 15.2. The predicted molar refractivity (Wildman–Crippen MR) is 317 cm³/mol. The molecule has 0 aliphatic carbocycles. The van der Waals surface area contributed by atoms with E-state index in [0.717, 1.165) is 17.1 Å². The lowest BCUT2D eigenvalue weighted by molar-refractivity contribution is 1.18. The van der Waals surface area contributed by atoms with Crippen LogP contribution in [0.3, 0.4) is 0 Å². The number of fused-ring (bicyclic) bond motifs is 6. The van der Waals surface area contributed by atoms with Crippen LogP contribution in [0.5, 0.6) is 0 Å². The molecule has 2 nitrogen and oxygen atoms in total. The lowest BCUT2D eigenvalue weighted by Crippen LogP contribution is -2.72. The van der Waals surface area contributed by atoms with E-state index >= 15 is 0 Å². The maximum absolute atomic E-state index is 2.55. The molecule has 12 aromatic rings. The first-order valence-electron chi connectivity index (χ1n) is 25.5. The van der Waals surface area contributed by atoms with Crippen molar-refractivity contribution < 1.29 is 0 Å². The van der Waals surface area contributed by atoms with Gasteiger partial charge < -0.3 is 9.47 Å². The number of benzene rings is 11. The first-order valence-corrected chi connectivity index (χ1v) is 31.0. The molecule has 13 rings (SSSR count). The molecule has 0 saturated carbocycles. The van der Waals surface area contributed by atoms with Gasteiger partial charge in [0.15, 0.2) is 8.07 Å². The highest BCUT2D eigenvalue weighted by atomic mass is 28.3. The average molecular weight is 967 g/mol. The van der Waals surface area contributed by atoms with Gasteiger partial charge in [0.1, 0.15) is 0 Å². The monoisotopic (exact) mass is 966 g/mol. The molecule has 0 fully saturated rings. The lowest BCUT2D eigenvalue weighted by Gasteiger charge is -2.31. The van der Waals surface area contributed by atoms with Crippen LogP contribution in [0.4, 0.5) is 17.1 Å². The van der Waals surface area contributed by atoms with Crippen LogP contribution in [0.1, 0.15) is 0 Å². The number of anilines is 3. The summed E-state index contributed by atoms with van der Waals surface area (Å²) in [5.74, 6) is 0. The van der Waals surface area contributed by atoms with E-state index in [1.165, 1.54) is 97.9 Å². The maximum atomic E-state index is 2.45. The molecule has 348 valence electrons. The highest BCUT2D eigenvalue weighted by Crippen LogP contribution is 2.40. The summed E-state index contributed by atoms with van der Waals surface area (Å²) in [6.45, 7) is 7.22. The second-order valence-corrected chi connectivity index (χ2v) is 29.3. The molecule has 73 heavy (non-hydrogen) atoms. The molecule has 2 heterocycles. The van der Waals surface area contributed by atoms with Crippen LogP contribution < -0.4 is 30.8 Å². The van der Waals surface area contributed by atoms with E-state index in [1.54, 1.807) is 0 Å². The molecule has 1 aromatic heterocycles. The van der Waals surface area contributed by atoms with Gasteiger partial charge in [0.25, 0.3) is 0 Å². The van der Waals surface area contributed by atoms with Crippen molar-refractivity contribution in [2.24, 2.45) is 0 Å². The SMILES string of the molecule is C[Si](C)(C)c1ccc(-c2ccc(N(c3ccc(-c4ccc5c(c4)-c4ccccc4[Si]5(c4ccccc4)c4ccccc4)cc3)c3ccc(-c4ccc5c(c4)c4ccccc4n5-c4ccccc4)cc3)cc2)cc1. The number of aromatic nitrogens is 1. The largest absolute Gasteiger partial charge is 0.311 e. The standard InChI is InChI=1S/C69H54N2Si2/c1-72(2,3)59-43-33-50(34-44-59)49-27-37-56(38-28-49)70(57-39-29-51(30-40-57)53-35-45-67-64(47-53)62-23-13-15-25-66(62)71(67)55-17-7-4-8-18-55)58-41-31-52(32-42-58)54-36-46-69-65(48-54)63-24-14-16-26-68(63)73(69,60-19-9-5-10-20-60)61-21-11-6-12-22-61/h4-48H,1-3H3. The number of para-hydroxylation sites is 2. The number of nitrogens with zero attached hydrogens (tertiary/aromatic N) is 2. The van der Waals surface area contributed by atoms with Gasteiger partial charge in [-0.25, -0.2) is 0 Å². The minimum Gasteiger partial charge on any atom is -0.311 e. The molecule has 0 bridgehead atoms. The summed E-state index contributed by atoms with van der Waals surface area (Å²) in [6, 6.07) is 102. The third-order valence-electron chi connectivity index (χ3n) is 15.3. The smallest absolute Gasteiger partial charge is 0.180 e. The normalized spacial score (nSPS) is 12.7. The zero-order valence-electron chi connectivity index (χ0n) is 41.4. The van der Waals surface area contributed by atoms with E-state index in [4.69, 9.17) is 0 Å². The average Bonchev–Trinajstić information content (AvgIpc) is 3.95. The molecule has 0 radical (unpaired) electrons. The first kappa shape index (κ1) is 44.4. The zero-order chi connectivity index (χ0) is 49.1. The number of rotatable bonds is 10. The van der Waals surface area contributed by atoms with E-state index in [1.807, 2.05) is 0 Å². The third kappa shape index (κ3) is 7.61. The van der Waals surface area contributed by atoms with Crippen LogP contribution in [-0.2, 0) is 0 Å². The molecule has 0 spiro atoms. The van der Waals surface area contributed by atoms with Crippen LogP contribution in [0.25, 0.3) is 72.0 Å². The molecule has 0 saturated heterocycles. The van der Waals surface area contributed by atoms with E-state index in [-0.39, 0.29) is 0 Å². The van der Waals surface area contributed by atoms with E-state index in [9.17, 15) is 0 Å². The summed E-state index contributed by atoms with van der Waals surface area (Å²) in [5, 5.41) is 9.72. The lowest BCUT2D eigenvalue weighted by atomic mass is 9.98. The van der Waals surface area contributed by atoms with Crippen molar-refractivity contribution in [1.29, 1.82) is 0 Å². The maximum Gasteiger partial charge on any atom is 0.180 e. The van der Waals surface area contributed by atoms with Crippen LogP contribution in [0.15, 0.2) is 273 Å². The Labute approximate surface area is 430 Å². The summed E-state index contributed by atoms with van der Waals surface area (Å²) in [6.07, 6.45) is 0. The Bertz CT molecular complexity index is 3910. The van der Waals surface area contributed by atoms with Gasteiger partial charge in [0.05, 0.1) is 19.1 Å². The fraction of sp³-hybridized carbons (Fsp3) is 0.0435. The summed E-state index contributed by atoms with van der Waals surface area (Å²) in [7, 11) is -3.95. The molecule has 0 unspecified atom stereocenters. The summed E-state index contributed by atoms with van der Waals surface area (Å²) < 4.78 is 2.38. The molecule has 1 aliphatic heterocycles. The Hall–Kier alpha value is -8.55. The number of hydrogen-bond acceptors (Lipinski definition) is 1. The van der Waals surface area contributed by atoms with Crippen molar-refractivity contribution in [3.05, 3.63) is 273 Å². The van der Waals surface area contributed by atoms with Crippen molar-refractivity contribution in [3.8, 4) is 50.2 Å². The Morgan fingerprint density at radius 3 is 1.33 bits per heavy atom. The Kier molecular flexibility index (Phi) is 10.9. The third-order valence-corrected chi connectivity index (χ3v) is 22.2. The topological polar surface area (TPSA) is 8.17 Å². The molecular formula is C69H54N2Si2. The van der Waals surface area contributed by atoms with E-state index in [2.05, 4.69) is 302 Å². The van der Waals surface area contributed by atoms with Gasteiger partial charge in [-0.2, -0.15) is 0 Å². The molecule has 1 aliphatic rings. The number of hydrogen-bond donors (Lipinski definition) is 0. The summed E-state index contributed by atoms with van der Waals surface area (Å²) in [4.78, 5) is 2.39. The highest BCUT2D eigenvalue weighted by molar-refractivity contribution is 7.22. The van der Waals surface area contributed by atoms with Crippen molar-refractivity contribution in [1.82, 2.24) is 4.57 Å². The van der Waals surface area contributed by atoms with Crippen molar-refractivity contribution in [3.63, 3.8) is 0 Å². The zero-order valence-corrected chi connectivity index (χ0v) is 43.4. The second kappa shape index (κ2) is 17.9. The van der Waals surface area contributed by atoms with Crippen molar-refractivity contribution >= 4 is 80.9 Å². The Morgan fingerprint density at radius 2 is 0.753 bits per heavy atom. The Morgan fingerprint density at radius 1 is 0.329 bits per heavy atom. The quantitative estimate of drug-likeness (QED) is 0.124. The van der Waals surface area contributed by atoms with Crippen LogP contribution in [0, 0.1) is 0 Å². The first-order chi connectivity index (χ1) is 35.8. The van der Waals surface area contributed by atoms with Crippen LogP contribution in [0.2, 0.25) is 19.6 Å². The van der Waals surface area contributed by atoms with Gasteiger partial charge in [0.2, 0.25) is 0 Å². The van der Waals surface area contributed by atoms with E-state index < -0.39 is 16.1 Å². The van der Waals surface area contributed by atoms with Crippen molar-refractivity contribution in [2.45, 2.75) is 19.6 Å². The highest BCUT2D eigenvalue weighted by Gasteiger charge is 2.48. The minimum absolute atomic E-state index is 1.10. The molecule has 0 N–H and O–H groups in total. The molecular weight excluding hydrogens is 913 g/mol. The molecule has 0 atom stereocenters. The van der Waals surface area contributed by atoms with Crippen molar-refractivity contribution in [2.75, 3.05) is 4.90 Å². The van der Waals surface area contributed by atoms with Gasteiger partial charge in [0, 0.05) is 33.5 Å². The van der Waals surface area contributed by atoms with Gasteiger partial charge in [-0.15, -0.1) is 0 Å². The van der Waals surface area contributed by atoms with Crippen LogP contribution in [-0.4, -0.2) is 20.7 Å². The van der Waals surface area contributed by atoms with Gasteiger partial charge in [-0.3, -0.25) is 0 Å². The molecule has 11 aromatic carbocycles. The Balaban J connectivity index is 0.879. The fourth-order valence-corrected chi connectivity index (χ4v) is 18.0. The van der Waals surface area contributed by atoms with Gasteiger partial charge in [-0.1, -0.05) is 225 Å². The van der Waals surface area contributed by atoms with E-state index in [0.29, 0.717) is 0 Å². The van der Waals surface area contributed by atoms with Gasteiger partial charge >= 0.3 is 0 Å². The molecule has 4 heteroatoms. The fourth-order valence-electron chi connectivity index (χ4n) is 11.7. The summed E-state index contributed by atoms with van der Waals surface area (Å²) in [5.41, 5.74) is 16.8. The van der Waals surface area contributed by atoms with Gasteiger partial charge in [-0.05, 0) is 138 Å². The molecule has 0 amide bonds. The minimum atomic E-state index is -2.55. The summed E-state index contributed by atoms with van der Waals surface area (Å²) >= 11 is 0.